The molecule has 1 heterocycles. The van der Waals surface area contributed by atoms with E-state index >= 15 is 0 Å². The summed E-state index contributed by atoms with van der Waals surface area (Å²) in [6.07, 6.45) is 0. The van der Waals surface area contributed by atoms with E-state index in [0.29, 0.717) is 5.56 Å². The van der Waals surface area contributed by atoms with Gasteiger partial charge in [0.15, 0.2) is 0 Å². The lowest BCUT2D eigenvalue weighted by molar-refractivity contribution is -0.120. The molecule has 158 valence electrons. The van der Waals surface area contributed by atoms with E-state index in [1.807, 2.05) is 26.0 Å². The number of nitrogens with two attached hydrogens (primary N) is 1. The van der Waals surface area contributed by atoms with Crippen molar-refractivity contribution in [1.29, 1.82) is 0 Å². The molecular formula is C21H23N3O5S. The fourth-order valence-electron chi connectivity index (χ4n) is 3.49. The summed E-state index contributed by atoms with van der Waals surface area (Å²) in [6.45, 7) is 3.77. The molecular weight excluding hydrogens is 406 g/mol. The lowest BCUT2D eigenvalue weighted by Gasteiger charge is -2.20. The van der Waals surface area contributed by atoms with Gasteiger partial charge in [0.2, 0.25) is 10.0 Å². The molecule has 1 aliphatic rings. The number of benzene rings is 2. The van der Waals surface area contributed by atoms with Crippen molar-refractivity contribution in [2.24, 2.45) is 5.14 Å². The summed E-state index contributed by atoms with van der Waals surface area (Å²) in [5.41, 5.74) is 3.14. The van der Waals surface area contributed by atoms with Gasteiger partial charge in [-0.3, -0.25) is 9.59 Å². The van der Waals surface area contributed by atoms with Crippen LogP contribution in [0.2, 0.25) is 0 Å². The standard InChI is InChI=1S/C21H23N3O5S/c1-13-4-9-17(14(2)12-13)18-19(23(3)10-11-25)21(27)24(20(18)26)15-5-7-16(8-6-15)30(22,28)29/h4-9,12,25H,10-11H2,1-3H3,(H2,22,28,29). The first-order chi connectivity index (χ1) is 14.1. The van der Waals surface area contributed by atoms with Crippen LogP contribution in [0.25, 0.3) is 5.57 Å². The molecule has 0 saturated heterocycles. The van der Waals surface area contributed by atoms with Crippen molar-refractivity contribution < 1.29 is 23.1 Å². The van der Waals surface area contributed by atoms with E-state index in [2.05, 4.69) is 0 Å². The largest absolute Gasteiger partial charge is 0.395 e. The van der Waals surface area contributed by atoms with Crippen molar-refractivity contribution >= 4 is 33.1 Å². The number of aryl methyl sites for hydroxylation is 2. The summed E-state index contributed by atoms with van der Waals surface area (Å²) < 4.78 is 23.0. The number of aliphatic hydroxyl groups is 1. The number of likely N-dealkylation sites (N-methyl/N-ethyl adjacent to an activating group) is 1. The van der Waals surface area contributed by atoms with Crippen LogP contribution in [0, 0.1) is 13.8 Å². The third-order valence-electron chi connectivity index (χ3n) is 4.95. The van der Waals surface area contributed by atoms with Crippen molar-refractivity contribution in [3.8, 4) is 0 Å². The number of aliphatic hydroxyl groups excluding tert-OH is 1. The van der Waals surface area contributed by atoms with Gasteiger partial charge >= 0.3 is 0 Å². The van der Waals surface area contributed by atoms with Gasteiger partial charge in [0.25, 0.3) is 11.8 Å². The number of rotatable bonds is 6. The fourth-order valence-corrected chi connectivity index (χ4v) is 4.01. The maximum atomic E-state index is 13.4. The molecule has 1 aliphatic heterocycles. The molecule has 3 rings (SSSR count). The minimum Gasteiger partial charge on any atom is -0.395 e. The minimum absolute atomic E-state index is 0.120. The molecule has 0 atom stereocenters. The summed E-state index contributed by atoms with van der Waals surface area (Å²) >= 11 is 0. The molecule has 0 bridgehead atoms. The Morgan fingerprint density at radius 1 is 1.03 bits per heavy atom. The van der Waals surface area contributed by atoms with Crippen LogP contribution in [-0.4, -0.2) is 50.4 Å². The highest BCUT2D eigenvalue weighted by molar-refractivity contribution is 7.89. The molecule has 0 spiro atoms. The minimum atomic E-state index is -3.90. The summed E-state index contributed by atoms with van der Waals surface area (Å²) in [7, 11) is -2.27. The SMILES string of the molecule is Cc1ccc(C2=C(N(C)CCO)C(=O)N(c3ccc(S(N)(=O)=O)cc3)C2=O)c(C)c1. The Morgan fingerprint density at radius 3 is 2.20 bits per heavy atom. The van der Waals surface area contributed by atoms with Crippen molar-refractivity contribution in [3.05, 3.63) is 64.9 Å². The maximum absolute atomic E-state index is 13.4. The van der Waals surface area contributed by atoms with E-state index in [1.165, 1.54) is 24.3 Å². The lowest BCUT2D eigenvalue weighted by Crippen LogP contribution is -2.34. The smallest absolute Gasteiger partial charge is 0.282 e. The van der Waals surface area contributed by atoms with Gasteiger partial charge in [-0.25, -0.2) is 18.5 Å². The van der Waals surface area contributed by atoms with E-state index in [9.17, 15) is 23.1 Å². The second kappa shape index (κ2) is 8.02. The predicted octanol–water partition coefficient (Wildman–Crippen LogP) is 1.16. The van der Waals surface area contributed by atoms with Gasteiger partial charge in [-0.15, -0.1) is 0 Å². The summed E-state index contributed by atoms with van der Waals surface area (Å²) in [5.74, 6) is -1.07. The van der Waals surface area contributed by atoms with E-state index in [-0.39, 0.29) is 35.0 Å². The molecule has 2 aromatic rings. The molecule has 0 fully saturated rings. The Hall–Kier alpha value is -3.01. The highest BCUT2D eigenvalue weighted by atomic mass is 32.2. The fraction of sp³-hybridized carbons (Fsp3) is 0.238. The quantitative estimate of drug-likeness (QED) is 0.665. The highest BCUT2D eigenvalue weighted by Crippen LogP contribution is 2.36. The van der Waals surface area contributed by atoms with Crippen LogP contribution in [0.15, 0.2) is 53.1 Å². The molecule has 2 amide bonds. The Kier molecular flexibility index (Phi) is 5.80. The number of carbonyl (C=O) groups excluding carboxylic acids is 2. The van der Waals surface area contributed by atoms with Gasteiger partial charge in [-0.1, -0.05) is 23.8 Å². The first kappa shape index (κ1) is 21.7. The monoisotopic (exact) mass is 429 g/mol. The number of anilines is 1. The Bertz CT molecular complexity index is 1150. The van der Waals surface area contributed by atoms with Crippen LogP contribution in [0.3, 0.4) is 0 Å². The predicted molar refractivity (Wildman–Crippen MR) is 113 cm³/mol. The second-order valence-corrected chi connectivity index (χ2v) is 8.73. The number of amides is 2. The molecule has 2 aromatic carbocycles. The van der Waals surface area contributed by atoms with Gasteiger partial charge in [-0.2, -0.15) is 0 Å². The number of primary sulfonamides is 1. The third-order valence-corrected chi connectivity index (χ3v) is 5.88. The molecule has 0 radical (unpaired) electrons. The summed E-state index contributed by atoms with van der Waals surface area (Å²) in [4.78, 5) is 29.1. The van der Waals surface area contributed by atoms with Gasteiger partial charge < -0.3 is 10.0 Å². The average Bonchev–Trinajstić information content (AvgIpc) is 2.92. The van der Waals surface area contributed by atoms with Crippen molar-refractivity contribution in [2.75, 3.05) is 25.1 Å². The van der Waals surface area contributed by atoms with Crippen molar-refractivity contribution in [2.45, 2.75) is 18.7 Å². The van der Waals surface area contributed by atoms with Gasteiger partial charge in [0.05, 0.1) is 22.8 Å². The third kappa shape index (κ3) is 3.87. The maximum Gasteiger partial charge on any atom is 0.282 e. The normalized spacial score (nSPS) is 14.6. The van der Waals surface area contributed by atoms with E-state index in [1.54, 1.807) is 18.0 Å². The zero-order valence-electron chi connectivity index (χ0n) is 16.9. The van der Waals surface area contributed by atoms with Crippen LogP contribution >= 0.6 is 0 Å². The zero-order chi connectivity index (χ0) is 22.2. The van der Waals surface area contributed by atoms with Gasteiger partial charge in [0.1, 0.15) is 5.70 Å². The summed E-state index contributed by atoms with van der Waals surface area (Å²) in [5, 5.41) is 14.5. The molecule has 9 heteroatoms. The highest BCUT2D eigenvalue weighted by Gasteiger charge is 2.42. The topological polar surface area (TPSA) is 121 Å². The van der Waals surface area contributed by atoms with Crippen LogP contribution < -0.4 is 10.0 Å². The summed E-state index contributed by atoms with van der Waals surface area (Å²) in [6, 6.07) is 10.8. The van der Waals surface area contributed by atoms with Crippen molar-refractivity contribution in [3.63, 3.8) is 0 Å². The first-order valence-electron chi connectivity index (χ1n) is 9.21. The average molecular weight is 429 g/mol. The Labute approximate surface area is 175 Å². The molecule has 3 N–H and O–H groups in total. The zero-order valence-corrected chi connectivity index (χ0v) is 17.7. The number of imide groups is 1. The van der Waals surface area contributed by atoms with Crippen LogP contribution in [0.1, 0.15) is 16.7 Å². The first-order valence-corrected chi connectivity index (χ1v) is 10.8. The van der Waals surface area contributed by atoms with E-state index in [4.69, 9.17) is 5.14 Å². The Morgan fingerprint density at radius 2 is 1.67 bits per heavy atom. The molecule has 0 aromatic heterocycles. The molecule has 8 nitrogen and oxygen atoms in total. The van der Waals surface area contributed by atoms with Crippen LogP contribution in [0.5, 0.6) is 0 Å². The number of hydrogen-bond donors (Lipinski definition) is 2. The number of hydrogen-bond acceptors (Lipinski definition) is 6. The van der Waals surface area contributed by atoms with E-state index in [0.717, 1.165) is 16.0 Å². The number of nitrogens with zero attached hydrogens (tertiary/aromatic N) is 2. The van der Waals surface area contributed by atoms with Gasteiger partial charge in [-0.05, 0) is 49.2 Å². The lowest BCUT2D eigenvalue weighted by atomic mass is 9.97. The number of sulfonamides is 1. The van der Waals surface area contributed by atoms with Crippen LogP contribution in [-0.2, 0) is 19.6 Å². The molecule has 0 saturated carbocycles. The molecule has 0 unspecified atom stereocenters. The van der Waals surface area contributed by atoms with Crippen LogP contribution in [0.4, 0.5) is 5.69 Å². The molecule has 0 aliphatic carbocycles. The second-order valence-electron chi connectivity index (χ2n) is 7.17. The Balaban J connectivity index is 2.13. The van der Waals surface area contributed by atoms with Gasteiger partial charge in [0, 0.05) is 13.6 Å². The van der Waals surface area contributed by atoms with Crippen molar-refractivity contribution in [1.82, 2.24) is 4.90 Å². The van der Waals surface area contributed by atoms with E-state index < -0.39 is 21.8 Å². The molecule has 30 heavy (non-hydrogen) atoms. The number of carbonyl (C=O) groups is 2.